The van der Waals surface area contributed by atoms with Crippen molar-refractivity contribution in [2.45, 2.75) is 32.4 Å². The first-order valence-corrected chi connectivity index (χ1v) is 11.4. The second-order valence-corrected chi connectivity index (χ2v) is 8.41. The predicted molar refractivity (Wildman–Crippen MR) is 129 cm³/mol. The lowest BCUT2D eigenvalue weighted by Gasteiger charge is -2.16. The van der Waals surface area contributed by atoms with Crippen molar-refractivity contribution in [1.82, 2.24) is 4.57 Å². The van der Waals surface area contributed by atoms with E-state index in [1.54, 1.807) is 7.11 Å². The molecule has 34 heavy (non-hydrogen) atoms. The van der Waals surface area contributed by atoms with E-state index in [-0.39, 0.29) is 12.1 Å². The third kappa shape index (κ3) is 5.01. The number of aromatic nitrogens is 1. The summed E-state index contributed by atoms with van der Waals surface area (Å²) in [7, 11) is 1.64. The molecule has 0 unspecified atom stereocenters. The maximum absolute atomic E-state index is 12.2. The van der Waals surface area contributed by atoms with Crippen LogP contribution < -0.4 is 10.1 Å². The molecule has 1 amide bonds. The van der Waals surface area contributed by atoms with Crippen LogP contribution in [0.2, 0.25) is 0 Å². The summed E-state index contributed by atoms with van der Waals surface area (Å²) in [5.74, 6) is 0.728. The SMILES string of the molecule is COCCOc1ccc2c(C#N)c(-c3ccc(NC(=O)O[C@@H]4CCOC4)cc3)n(C(C)C)c2c1. The van der Waals surface area contributed by atoms with Gasteiger partial charge >= 0.3 is 6.09 Å². The van der Waals surface area contributed by atoms with Crippen LogP contribution in [0.4, 0.5) is 10.5 Å². The number of nitrogens with zero attached hydrogens (tertiary/aromatic N) is 2. The molecule has 0 radical (unpaired) electrons. The molecule has 0 spiro atoms. The van der Waals surface area contributed by atoms with Gasteiger partial charge in [0.05, 0.1) is 36.6 Å². The molecule has 0 bridgehead atoms. The minimum atomic E-state index is -0.502. The summed E-state index contributed by atoms with van der Waals surface area (Å²) in [5, 5.41) is 13.7. The van der Waals surface area contributed by atoms with Crippen LogP contribution in [-0.2, 0) is 14.2 Å². The number of ether oxygens (including phenoxy) is 4. The third-order valence-corrected chi connectivity index (χ3v) is 5.73. The highest BCUT2D eigenvalue weighted by molar-refractivity contribution is 5.95. The van der Waals surface area contributed by atoms with Crippen molar-refractivity contribution in [3.63, 3.8) is 0 Å². The van der Waals surface area contributed by atoms with Gasteiger partial charge in [-0.1, -0.05) is 12.1 Å². The lowest BCUT2D eigenvalue weighted by molar-refractivity contribution is 0.0932. The molecule has 1 atom stereocenters. The summed E-state index contributed by atoms with van der Waals surface area (Å²) in [5.41, 5.74) is 3.87. The molecule has 0 saturated carbocycles. The third-order valence-electron chi connectivity index (χ3n) is 5.73. The van der Waals surface area contributed by atoms with Crippen molar-refractivity contribution in [2.24, 2.45) is 0 Å². The molecule has 1 aliphatic rings. The molecular formula is C26H29N3O5. The number of rotatable bonds is 8. The van der Waals surface area contributed by atoms with Crippen LogP contribution in [0.5, 0.6) is 5.75 Å². The lowest BCUT2D eigenvalue weighted by Crippen LogP contribution is -2.22. The quantitative estimate of drug-likeness (QED) is 0.466. The number of carbonyl (C=O) groups is 1. The normalized spacial score (nSPS) is 15.4. The van der Waals surface area contributed by atoms with E-state index in [0.717, 1.165) is 27.9 Å². The van der Waals surface area contributed by atoms with Crippen LogP contribution in [0, 0.1) is 11.3 Å². The minimum absolute atomic E-state index is 0.107. The molecule has 0 aliphatic carbocycles. The first kappa shape index (κ1) is 23.6. The Morgan fingerprint density at radius 2 is 2.03 bits per heavy atom. The van der Waals surface area contributed by atoms with Gasteiger partial charge in [0.1, 0.15) is 24.5 Å². The maximum atomic E-state index is 12.2. The molecule has 1 saturated heterocycles. The van der Waals surface area contributed by atoms with Gasteiger partial charge in [0.25, 0.3) is 0 Å². The van der Waals surface area contributed by atoms with Crippen LogP contribution in [0.15, 0.2) is 42.5 Å². The fourth-order valence-corrected chi connectivity index (χ4v) is 4.17. The van der Waals surface area contributed by atoms with E-state index in [1.165, 1.54) is 0 Å². The van der Waals surface area contributed by atoms with E-state index in [2.05, 4.69) is 29.8 Å². The molecule has 3 aromatic rings. The number of nitriles is 1. The number of hydrogen-bond donors (Lipinski definition) is 1. The highest BCUT2D eigenvalue weighted by atomic mass is 16.6. The van der Waals surface area contributed by atoms with Gasteiger partial charge in [-0.15, -0.1) is 0 Å². The summed E-state index contributed by atoms with van der Waals surface area (Å²) in [6.45, 7) is 6.16. The van der Waals surface area contributed by atoms with Crippen molar-refractivity contribution < 1.29 is 23.7 Å². The van der Waals surface area contributed by atoms with E-state index >= 15 is 0 Å². The van der Waals surface area contributed by atoms with Crippen molar-refractivity contribution >= 4 is 22.7 Å². The Morgan fingerprint density at radius 3 is 2.68 bits per heavy atom. The summed E-state index contributed by atoms with van der Waals surface area (Å²) < 4.78 is 23.6. The van der Waals surface area contributed by atoms with E-state index in [0.29, 0.717) is 44.1 Å². The summed E-state index contributed by atoms with van der Waals surface area (Å²) in [6, 6.07) is 15.7. The summed E-state index contributed by atoms with van der Waals surface area (Å²) >= 11 is 0. The Morgan fingerprint density at radius 1 is 1.24 bits per heavy atom. The number of fused-ring (bicyclic) bond motifs is 1. The number of carbonyl (C=O) groups excluding carboxylic acids is 1. The van der Waals surface area contributed by atoms with Gasteiger partial charge in [0.2, 0.25) is 0 Å². The number of nitrogens with one attached hydrogen (secondary N) is 1. The van der Waals surface area contributed by atoms with Gasteiger partial charge < -0.3 is 23.5 Å². The molecule has 8 nitrogen and oxygen atoms in total. The maximum Gasteiger partial charge on any atom is 0.411 e. The minimum Gasteiger partial charge on any atom is -0.491 e. The first-order chi connectivity index (χ1) is 16.5. The van der Waals surface area contributed by atoms with E-state index < -0.39 is 6.09 Å². The van der Waals surface area contributed by atoms with Crippen LogP contribution >= 0.6 is 0 Å². The fraction of sp³-hybridized carbons (Fsp3) is 0.385. The highest BCUT2D eigenvalue weighted by Crippen LogP contribution is 2.38. The van der Waals surface area contributed by atoms with Crippen LogP contribution in [0.1, 0.15) is 31.9 Å². The topological polar surface area (TPSA) is 94.7 Å². The Balaban J connectivity index is 1.63. The molecule has 1 aromatic heterocycles. The number of hydrogen-bond acceptors (Lipinski definition) is 6. The van der Waals surface area contributed by atoms with Crippen molar-refractivity contribution in [2.75, 3.05) is 38.9 Å². The average Bonchev–Trinajstić information content (AvgIpc) is 3.44. The predicted octanol–water partition coefficient (Wildman–Crippen LogP) is 5.12. The average molecular weight is 464 g/mol. The molecule has 4 rings (SSSR count). The molecule has 1 N–H and O–H groups in total. The van der Waals surface area contributed by atoms with E-state index in [4.69, 9.17) is 18.9 Å². The molecule has 1 fully saturated rings. The molecule has 178 valence electrons. The molecular weight excluding hydrogens is 434 g/mol. The second-order valence-electron chi connectivity index (χ2n) is 8.41. The van der Waals surface area contributed by atoms with Gasteiger partial charge in [-0.25, -0.2) is 4.79 Å². The Labute approximate surface area is 199 Å². The van der Waals surface area contributed by atoms with Gasteiger partial charge in [-0.05, 0) is 43.7 Å². The number of methoxy groups -OCH3 is 1. The lowest BCUT2D eigenvalue weighted by atomic mass is 10.1. The number of anilines is 1. The zero-order chi connectivity index (χ0) is 24.1. The smallest absolute Gasteiger partial charge is 0.411 e. The standard InChI is InChI=1S/C26H29N3O5/c1-17(2)29-24-14-20(33-13-12-31-3)8-9-22(24)23(15-27)25(29)18-4-6-19(7-5-18)28-26(30)34-21-10-11-32-16-21/h4-9,14,17,21H,10-13,16H2,1-3H3,(H,28,30)/t21-/m1/s1. The largest absolute Gasteiger partial charge is 0.491 e. The molecule has 1 aliphatic heterocycles. The fourth-order valence-electron chi connectivity index (χ4n) is 4.17. The highest BCUT2D eigenvalue weighted by Gasteiger charge is 2.22. The van der Waals surface area contributed by atoms with Crippen molar-refractivity contribution in [3.8, 4) is 23.1 Å². The zero-order valence-electron chi connectivity index (χ0n) is 19.7. The second kappa shape index (κ2) is 10.6. The van der Waals surface area contributed by atoms with Crippen LogP contribution in [0.3, 0.4) is 0 Å². The monoisotopic (exact) mass is 463 g/mol. The number of benzene rings is 2. The Hall–Kier alpha value is -3.54. The van der Waals surface area contributed by atoms with Gasteiger partial charge in [-0.2, -0.15) is 5.26 Å². The van der Waals surface area contributed by atoms with Gasteiger partial charge in [-0.3, -0.25) is 5.32 Å². The first-order valence-electron chi connectivity index (χ1n) is 11.4. The van der Waals surface area contributed by atoms with Gasteiger partial charge in [0, 0.05) is 36.7 Å². The zero-order valence-corrected chi connectivity index (χ0v) is 19.7. The van der Waals surface area contributed by atoms with Gasteiger partial charge in [0.15, 0.2) is 0 Å². The van der Waals surface area contributed by atoms with Crippen LogP contribution in [0.25, 0.3) is 22.2 Å². The number of amides is 1. The summed E-state index contributed by atoms with van der Waals surface area (Å²) in [6.07, 6.45) is 0.00294. The molecule has 8 heteroatoms. The Bertz CT molecular complexity index is 1190. The Kier molecular flexibility index (Phi) is 7.36. The summed E-state index contributed by atoms with van der Waals surface area (Å²) in [4.78, 5) is 12.2. The molecule has 2 aromatic carbocycles. The van der Waals surface area contributed by atoms with E-state index in [9.17, 15) is 10.1 Å². The molecule has 2 heterocycles. The van der Waals surface area contributed by atoms with Crippen molar-refractivity contribution in [3.05, 3.63) is 48.0 Å². The van der Waals surface area contributed by atoms with Crippen molar-refractivity contribution in [1.29, 1.82) is 5.26 Å². The van der Waals surface area contributed by atoms with E-state index in [1.807, 2.05) is 42.5 Å². The van der Waals surface area contributed by atoms with Crippen LogP contribution in [-0.4, -0.2) is 50.3 Å².